The lowest BCUT2D eigenvalue weighted by Gasteiger charge is -2.13. The highest BCUT2D eigenvalue weighted by Gasteiger charge is 2.20. The fraction of sp³-hybridized carbons (Fsp3) is 0. The van der Waals surface area contributed by atoms with Crippen LogP contribution in [0.1, 0.15) is 0 Å². The molecule has 0 fully saturated rings. The number of benzene rings is 6. The fourth-order valence-electron chi connectivity index (χ4n) is 7.55. The van der Waals surface area contributed by atoms with Crippen LogP contribution >= 0.6 is 0 Å². The van der Waals surface area contributed by atoms with Crippen molar-refractivity contribution in [2.75, 3.05) is 0 Å². The van der Waals surface area contributed by atoms with Crippen LogP contribution in [0.2, 0.25) is 0 Å². The maximum Gasteiger partial charge on any atom is 0.138 e. The first-order valence-electron chi connectivity index (χ1n) is 16.9. The third-order valence-corrected chi connectivity index (χ3v) is 9.76. The van der Waals surface area contributed by atoms with Gasteiger partial charge in [0.1, 0.15) is 5.82 Å². The molecule has 0 aliphatic heterocycles. The zero-order chi connectivity index (χ0) is 33.0. The van der Waals surface area contributed by atoms with Crippen LogP contribution in [0.25, 0.3) is 88.8 Å². The van der Waals surface area contributed by atoms with Crippen molar-refractivity contribution >= 4 is 43.7 Å². The van der Waals surface area contributed by atoms with E-state index >= 15 is 0 Å². The third-order valence-electron chi connectivity index (χ3n) is 9.76. The standard InChI is InChI=1S/C46H30N4/c1-4-14-31(15-5-1)34-29-39(32-16-6-2-7-17-32)48-44(30-34)50-40-22-11-10-20-37(40)45-36(21-12-23-42(45)50)33-25-26-41-38(28-33)46-43(24-13-27-47-46)49(41)35-18-8-3-9-19-35/h1-30H. The average Bonchev–Trinajstić information content (AvgIpc) is 3.71. The Morgan fingerprint density at radius 3 is 1.90 bits per heavy atom. The van der Waals surface area contributed by atoms with E-state index in [-0.39, 0.29) is 0 Å². The SMILES string of the molecule is c1ccc(-c2cc(-c3ccccc3)nc(-n3c4ccccc4c4c(-c5ccc6c(c5)c5ncccc5n6-c5ccccc5)cccc43)c2)cc1. The summed E-state index contributed by atoms with van der Waals surface area (Å²) in [7, 11) is 0. The highest BCUT2D eigenvalue weighted by atomic mass is 15.1. The summed E-state index contributed by atoms with van der Waals surface area (Å²) < 4.78 is 4.64. The van der Waals surface area contributed by atoms with Gasteiger partial charge >= 0.3 is 0 Å². The van der Waals surface area contributed by atoms with Crippen LogP contribution in [0.15, 0.2) is 182 Å². The Hall–Kier alpha value is -6.78. The van der Waals surface area contributed by atoms with E-state index in [1.807, 2.05) is 18.3 Å². The van der Waals surface area contributed by atoms with Gasteiger partial charge in [0, 0.05) is 33.6 Å². The Balaban J connectivity index is 1.23. The Bertz CT molecular complexity index is 2790. The summed E-state index contributed by atoms with van der Waals surface area (Å²) in [6, 6.07) is 62.3. The maximum atomic E-state index is 5.33. The summed E-state index contributed by atoms with van der Waals surface area (Å²) in [6.45, 7) is 0. The number of fused-ring (bicyclic) bond motifs is 6. The van der Waals surface area contributed by atoms with Crippen molar-refractivity contribution in [1.82, 2.24) is 19.1 Å². The van der Waals surface area contributed by atoms with Gasteiger partial charge in [0.2, 0.25) is 0 Å². The van der Waals surface area contributed by atoms with Gasteiger partial charge in [-0.3, -0.25) is 9.55 Å². The monoisotopic (exact) mass is 638 g/mol. The number of pyridine rings is 2. The van der Waals surface area contributed by atoms with Crippen molar-refractivity contribution < 1.29 is 0 Å². The first-order chi connectivity index (χ1) is 24.8. The summed E-state index contributed by atoms with van der Waals surface area (Å²) >= 11 is 0. The molecule has 0 atom stereocenters. The summed E-state index contributed by atoms with van der Waals surface area (Å²) in [4.78, 5) is 10.2. The summed E-state index contributed by atoms with van der Waals surface area (Å²) in [6.07, 6.45) is 1.89. The van der Waals surface area contributed by atoms with Crippen LogP contribution in [0.3, 0.4) is 0 Å². The first-order valence-corrected chi connectivity index (χ1v) is 16.9. The lowest BCUT2D eigenvalue weighted by molar-refractivity contribution is 1.08. The van der Waals surface area contributed by atoms with Gasteiger partial charge in [-0.25, -0.2) is 4.98 Å². The lowest BCUT2D eigenvalue weighted by Crippen LogP contribution is -2.00. The molecule has 0 amide bonds. The molecule has 50 heavy (non-hydrogen) atoms. The molecule has 4 nitrogen and oxygen atoms in total. The van der Waals surface area contributed by atoms with E-state index < -0.39 is 0 Å². The molecule has 4 heterocycles. The van der Waals surface area contributed by atoms with Crippen molar-refractivity contribution in [2.45, 2.75) is 0 Å². The van der Waals surface area contributed by atoms with Crippen LogP contribution in [0, 0.1) is 0 Å². The molecule has 4 heteroatoms. The number of rotatable bonds is 5. The maximum absolute atomic E-state index is 5.33. The highest BCUT2D eigenvalue weighted by Crippen LogP contribution is 2.41. The summed E-state index contributed by atoms with van der Waals surface area (Å²) in [5.41, 5.74) is 13.2. The molecule has 0 bridgehead atoms. The Morgan fingerprint density at radius 2 is 1.08 bits per heavy atom. The minimum absolute atomic E-state index is 0.888. The van der Waals surface area contributed by atoms with Crippen molar-refractivity contribution in [3.63, 3.8) is 0 Å². The summed E-state index contributed by atoms with van der Waals surface area (Å²) in [5.74, 6) is 0.888. The molecule has 0 N–H and O–H groups in total. The van der Waals surface area contributed by atoms with Gasteiger partial charge in [-0.1, -0.05) is 115 Å². The topological polar surface area (TPSA) is 35.6 Å². The second kappa shape index (κ2) is 11.4. The van der Waals surface area contributed by atoms with Crippen LogP contribution in [-0.4, -0.2) is 19.1 Å². The quantitative estimate of drug-likeness (QED) is 0.188. The van der Waals surface area contributed by atoms with Gasteiger partial charge in [-0.2, -0.15) is 0 Å². The zero-order valence-corrected chi connectivity index (χ0v) is 27.1. The van der Waals surface area contributed by atoms with Crippen molar-refractivity contribution in [3.8, 4) is 45.0 Å². The molecule has 4 aromatic heterocycles. The molecule has 10 aromatic rings. The minimum Gasteiger partial charge on any atom is -0.308 e. The molecule has 0 aliphatic carbocycles. The molecule has 0 aliphatic rings. The smallest absolute Gasteiger partial charge is 0.138 e. The normalized spacial score (nSPS) is 11.6. The Morgan fingerprint density at radius 1 is 0.400 bits per heavy atom. The number of hydrogen-bond acceptors (Lipinski definition) is 2. The van der Waals surface area contributed by atoms with Gasteiger partial charge < -0.3 is 4.57 Å². The van der Waals surface area contributed by atoms with Crippen LogP contribution in [0.5, 0.6) is 0 Å². The molecular formula is C46H30N4. The van der Waals surface area contributed by atoms with E-state index in [9.17, 15) is 0 Å². The molecular weight excluding hydrogens is 609 g/mol. The first kappa shape index (κ1) is 28.3. The van der Waals surface area contributed by atoms with E-state index in [4.69, 9.17) is 9.97 Å². The minimum atomic E-state index is 0.888. The van der Waals surface area contributed by atoms with Crippen molar-refractivity contribution in [1.29, 1.82) is 0 Å². The molecule has 0 saturated carbocycles. The van der Waals surface area contributed by atoms with E-state index in [1.54, 1.807) is 0 Å². The van der Waals surface area contributed by atoms with Crippen LogP contribution in [-0.2, 0) is 0 Å². The predicted molar refractivity (Wildman–Crippen MR) is 207 cm³/mol. The van der Waals surface area contributed by atoms with E-state index in [2.05, 4.69) is 173 Å². The van der Waals surface area contributed by atoms with Crippen LogP contribution < -0.4 is 0 Å². The molecule has 0 saturated heterocycles. The molecule has 0 radical (unpaired) electrons. The van der Waals surface area contributed by atoms with E-state index in [0.717, 1.165) is 72.4 Å². The molecule has 0 unspecified atom stereocenters. The molecule has 10 rings (SSSR count). The van der Waals surface area contributed by atoms with Gasteiger partial charge in [0.25, 0.3) is 0 Å². The number of para-hydroxylation sites is 2. The average molecular weight is 639 g/mol. The van der Waals surface area contributed by atoms with Gasteiger partial charge in [-0.15, -0.1) is 0 Å². The summed E-state index contributed by atoms with van der Waals surface area (Å²) in [5, 5.41) is 3.53. The van der Waals surface area contributed by atoms with Crippen molar-refractivity contribution in [3.05, 3.63) is 182 Å². The zero-order valence-electron chi connectivity index (χ0n) is 27.1. The Kier molecular flexibility index (Phi) is 6.46. The second-order valence-corrected chi connectivity index (χ2v) is 12.7. The predicted octanol–water partition coefficient (Wildman–Crippen LogP) is 11.7. The number of hydrogen-bond donors (Lipinski definition) is 0. The van der Waals surface area contributed by atoms with Crippen LogP contribution in [0.4, 0.5) is 0 Å². The second-order valence-electron chi connectivity index (χ2n) is 12.7. The molecule has 6 aromatic carbocycles. The lowest BCUT2D eigenvalue weighted by atomic mass is 9.98. The van der Waals surface area contributed by atoms with Crippen molar-refractivity contribution in [2.24, 2.45) is 0 Å². The van der Waals surface area contributed by atoms with E-state index in [0.29, 0.717) is 0 Å². The molecule has 0 spiro atoms. The van der Waals surface area contributed by atoms with E-state index in [1.165, 1.54) is 16.3 Å². The fourth-order valence-corrected chi connectivity index (χ4v) is 7.55. The third kappa shape index (κ3) is 4.46. The van der Waals surface area contributed by atoms with Gasteiger partial charge in [-0.05, 0) is 82.9 Å². The number of nitrogens with zero attached hydrogens (tertiary/aromatic N) is 4. The van der Waals surface area contributed by atoms with Gasteiger partial charge in [0.15, 0.2) is 0 Å². The van der Waals surface area contributed by atoms with Gasteiger partial charge in [0.05, 0.1) is 33.3 Å². The Labute approximate surface area is 289 Å². The molecule has 234 valence electrons. The number of aromatic nitrogens is 4. The highest BCUT2D eigenvalue weighted by molar-refractivity contribution is 6.17. The largest absolute Gasteiger partial charge is 0.308 e.